The highest BCUT2D eigenvalue weighted by Crippen LogP contribution is 2.60. The zero-order valence-electron chi connectivity index (χ0n) is 47.2. The van der Waals surface area contributed by atoms with Crippen molar-refractivity contribution in [1.82, 2.24) is 0 Å². The predicted octanol–water partition coefficient (Wildman–Crippen LogP) is 10.8. The SMILES string of the molecule is CCC(C)C(=O)OCC(=O)OC1CC2CCC1C2.CCC(C)C(=O)OCC(=O)OC1CCCCC1.CCC(C)C(=O)OCCOC(=O)C12CC3CC(CC(C3)C1)C2.CCC(C)C(=O)OCCOC(=O)C1CCCCC1. The number of ether oxygens (including phenoxy) is 8. The van der Waals surface area contributed by atoms with Crippen LogP contribution in [0.3, 0.4) is 0 Å². The fraction of sp³-hybridized carbons (Fsp3) is 0.864. The fourth-order valence-corrected chi connectivity index (χ4v) is 12.0. The van der Waals surface area contributed by atoms with Crippen molar-refractivity contribution >= 4 is 47.8 Å². The van der Waals surface area contributed by atoms with Gasteiger partial charge in [0.25, 0.3) is 0 Å². The summed E-state index contributed by atoms with van der Waals surface area (Å²) < 4.78 is 41.2. The molecule has 0 aromatic heterocycles. The molecule has 8 fully saturated rings. The van der Waals surface area contributed by atoms with Gasteiger partial charge >= 0.3 is 47.8 Å². The number of hydrogen-bond acceptors (Lipinski definition) is 16. The number of rotatable bonds is 22. The first-order valence-electron chi connectivity index (χ1n) is 29.3. The van der Waals surface area contributed by atoms with Gasteiger partial charge in [-0.1, -0.05) is 81.1 Å². The summed E-state index contributed by atoms with van der Waals surface area (Å²) in [6.45, 7) is 15.2. The Morgan fingerprint density at radius 2 is 0.840 bits per heavy atom. The van der Waals surface area contributed by atoms with E-state index in [1.807, 2.05) is 41.5 Å². The summed E-state index contributed by atoms with van der Waals surface area (Å²) in [6, 6.07) is 0. The van der Waals surface area contributed by atoms with Crippen molar-refractivity contribution < 1.29 is 76.3 Å². The van der Waals surface area contributed by atoms with Gasteiger partial charge in [0.1, 0.15) is 38.6 Å². The van der Waals surface area contributed by atoms with Gasteiger partial charge in [0.05, 0.1) is 35.0 Å². The van der Waals surface area contributed by atoms with Crippen molar-refractivity contribution in [2.45, 2.75) is 222 Å². The van der Waals surface area contributed by atoms with Gasteiger partial charge in [-0.25, -0.2) is 9.59 Å². The lowest BCUT2D eigenvalue weighted by atomic mass is 9.49. The molecule has 0 aromatic rings. The second-order valence-electron chi connectivity index (χ2n) is 23.1. The fourth-order valence-electron chi connectivity index (χ4n) is 12.0. The van der Waals surface area contributed by atoms with Crippen molar-refractivity contribution in [3.05, 3.63) is 0 Å². The Labute approximate surface area is 448 Å². The third-order valence-electron chi connectivity index (χ3n) is 17.1. The molecule has 8 aliphatic carbocycles. The van der Waals surface area contributed by atoms with Crippen molar-refractivity contribution in [3.63, 3.8) is 0 Å². The summed E-state index contributed by atoms with van der Waals surface area (Å²) in [4.78, 5) is 92.9. The third kappa shape index (κ3) is 21.6. The minimum Gasteiger partial charge on any atom is -0.462 e. The first-order valence-corrected chi connectivity index (χ1v) is 29.3. The van der Waals surface area contributed by atoms with E-state index in [0.717, 1.165) is 126 Å². The van der Waals surface area contributed by atoms with E-state index in [1.165, 1.54) is 51.4 Å². The summed E-state index contributed by atoms with van der Waals surface area (Å²) in [5, 5.41) is 0. The highest BCUT2D eigenvalue weighted by Gasteiger charge is 2.55. The van der Waals surface area contributed by atoms with Crippen LogP contribution in [0.4, 0.5) is 0 Å². The molecule has 0 amide bonds. The number of carbonyl (C=O) groups excluding carboxylic acids is 8. The minimum absolute atomic E-state index is 0.0264. The van der Waals surface area contributed by atoms with Crippen molar-refractivity contribution in [2.24, 2.45) is 64.6 Å². The number of esters is 8. The monoisotopic (exact) mass is 1060 g/mol. The molecule has 6 bridgehead atoms. The summed E-state index contributed by atoms with van der Waals surface area (Å²) in [6.07, 6.45) is 25.4. The van der Waals surface area contributed by atoms with Crippen molar-refractivity contribution in [1.29, 1.82) is 0 Å². The molecule has 7 unspecified atom stereocenters. The van der Waals surface area contributed by atoms with E-state index in [4.69, 9.17) is 37.9 Å². The normalized spacial score (nSPS) is 26.8. The summed E-state index contributed by atoms with van der Waals surface area (Å²) in [7, 11) is 0. The molecule has 0 aromatic carbocycles. The summed E-state index contributed by atoms with van der Waals surface area (Å²) in [5.41, 5.74) is -0.213. The molecular formula is C59H96O16. The van der Waals surface area contributed by atoms with Crippen LogP contribution in [0, 0.1) is 64.6 Å². The molecule has 0 N–H and O–H groups in total. The van der Waals surface area contributed by atoms with E-state index < -0.39 is 11.9 Å². The maximum atomic E-state index is 12.6. The lowest BCUT2D eigenvalue weighted by Crippen LogP contribution is -2.50. The Balaban J connectivity index is 0.000000218. The molecule has 75 heavy (non-hydrogen) atoms. The quantitative estimate of drug-likeness (QED) is 0.0560. The second-order valence-corrected chi connectivity index (χ2v) is 23.1. The first kappa shape index (κ1) is 63.3. The number of fused-ring (bicyclic) bond motifs is 2. The lowest BCUT2D eigenvalue weighted by molar-refractivity contribution is -0.174. The van der Waals surface area contributed by atoms with Crippen LogP contribution < -0.4 is 0 Å². The number of hydrogen-bond donors (Lipinski definition) is 0. The molecule has 8 aliphatic rings. The first-order chi connectivity index (χ1) is 35.9. The molecule has 16 heteroatoms. The van der Waals surface area contributed by atoms with Crippen LogP contribution in [0.5, 0.6) is 0 Å². The molecule has 0 radical (unpaired) electrons. The van der Waals surface area contributed by atoms with Crippen LogP contribution in [0.25, 0.3) is 0 Å². The summed E-state index contributed by atoms with van der Waals surface area (Å²) >= 11 is 0. The van der Waals surface area contributed by atoms with Crippen LogP contribution in [0.15, 0.2) is 0 Å². The van der Waals surface area contributed by atoms with Crippen LogP contribution in [0.1, 0.15) is 209 Å². The van der Waals surface area contributed by atoms with Crippen LogP contribution in [0.2, 0.25) is 0 Å². The molecule has 0 heterocycles. The van der Waals surface area contributed by atoms with Gasteiger partial charge < -0.3 is 37.9 Å². The Kier molecular flexibility index (Phi) is 28.0. The van der Waals surface area contributed by atoms with Gasteiger partial charge in [-0.05, 0) is 158 Å². The molecule has 0 spiro atoms. The molecule has 16 nitrogen and oxygen atoms in total. The molecule has 8 rings (SSSR count). The lowest BCUT2D eigenvalue weighted by Gasteiger charge is -2.55. The Morgan fingerprint density at radius 1 is 0.427 bits per heavy atom. The van der Waals surface area contributed by atoms with E-state index in [1.54, 1.807) is 13.8 Å². The van der Waals surface area contributed by atoms with Crippen LogP contribution >= 0.6 is 0 Å². The maximum absolute atomic E-state index is 12.6. The third-order valence-corrected chi connectivity index (χ3v) is 17.1. The Hall–Kier alpha value is -4.24. The molecule has 428 valence electrons. The van der Waals surface area contributed by atoms with E-state index in [2.05, 4.69) is 0 Å². The van der Waals surface area contributed by atoms with E-state index in [-0.39, 0.29) is 123 Å². The van der Waals surface area contributed by atoms with Gasteiger partial charge in [-0.2, -0.15) is 0 Å². The Morgan fingerprint density at radius 3 is 1.27 bits per heavy atom. The zero-order chi connectivity index (χ0) is 54.9. The second kappa shape index (κ2) is 33.1. The molecule has 8 saturated carbocycles. The van der Waals surface area contributed by atoms with Gasteiger partial charge in [0.15, 0.2) is 13.2 Å². The predicted molar refractivity (Wildman–Crippen MR) is 279 cm³/mol. The standard InChI is InChI=1S/C18H28O4.C14H22O4.C14H24O4.C13H22O4/c1-3-12(2)16(19)21-4-5-22-17(20)18-9-13-6-14(10-18)8-15(7-13)11-18;1-3-9(2)14(16)17-8-13(15)18-12-7-10-4-5-11(12)6-10;1-3-11(2)13(15)17-9-10-18-14(16)12-7-5-4-6-8-12;1-3-10(2)13(15)16-9-12(14)17-11-7-5-4-6-8-11/h12-15H,3-11H2,1-2H3;9-12H,3-8H2,1-2H3;11-12H,3-10H2,1-2H3;10-11H,3-9H2,1-2H3. The maximum Gasteiger partial charge on any atom is 0.344 e. The zero-order valence-corrected chi connectivity index (χ0v) is 47.2. The Bertz CT molecular complexity index is 1760. The summed E-state index contributed by atoms with van der Waals surface area (Å²) in [5.74, 6) is 1.04. The van der Waals surface area contributed by atoms with E-state index in [9.17, 15) is 38.4 Å². The molecular weight excluding hydrogens is 965 g/mol. The average Bonchev–Trinajstić information content (AvgIpc) is 4.05. The van der Waals surface area contributed by atoms with Crippen molar-refractivity contribution in [3.8, 4) is 0 Å². The van der Waals surface area contributed by atoms with Gasteiger partial charge in [0, 0.05) is 0 Å². The minimum atomic E-state index is -0.423. The molecule has 0 saturated heterocycles. The van der Waals surface area contributed by atoms with Gasteiger partial charge in [-0.15, -0.1) is 0 Å². The molecule has 0 aliphatic heterocycles. The van der Waals surface area contributed by atoms with Crippen molar-refractivity contribution in [2.75, 3.05) is 39.6 Å². The molecule has 7 atom stereocenters. The largest absolute Gasteiger partial charge is 0.462 e. The van der Waals surface area contributed by atoms with Gasteiger partial charge in [0.2, 0.25) is 0 Å². The van der Waals surface area contributed by atoms with Crippen LogP contribution in [-0.2, 0) is 76.3 Å². The number of carbonyl (C=O) groups is 8. The highest BCUT2D eigenvalue weighted by atomic mass is 16.6. The average molecular weight is 1060 g/mol. The topological polar surface area (TPSA) is 210 Å². The van der Waals surface area contributed by atoms with Gasteiger partial charge in [-0.3, -0.25) is 28.8 Å². The van der Waals surface area contributed by atoms with E-state index in [0.29, 0.717) is 5.92 Å². The highest BCUT2D eigenvalue weighted by molar-refractivity contribution is 5.79. The smallest absolute Gasteiger partial charge is 0.344 e. The van der Waals surface area contributed by atoms with Crippen LogP contribution in [-0.4, -0.2) is 99.6 Å². The van der Waals surface area contributed by atoms with E-state index >= 15 is 0 Å².